The topological polar surface area (TPSA) is 75.6 Å². The lowest BCUT2D eigenvalue weighted by Crippen LogP contribution is -2.54. The summed E-state index contributed by atoms with van der Waals surface area (Å²) in [6.07, 6.45) is -6.82. The number of esters is 1. The quantitative estimate of drug-likeness (QED) is 0.812. The number of ether oxygens (including phenoxy) is 1. The molecule has 0 aliphatic heterocycles. The van der Waals surface area contributed by atoms with Crippen LogP contribution in [0.5, 0.6) is 0 Å². The average molecular weight is 333 g/mol. The first-order valence-electron chi connectivity index (χ1n) is 6.85. The van der Waals surface area contributed by atoms with Gasteiger partial charge >= 0.3 is 12.1 Å². The van der Waals surface area contributed by atoms with Crippen molar-refractivity contribution in [2.45, 2.75) is 39.0 Å². The molecule has 0 heterocycles. The maximum atomic E-state index is 13.0. The van der Waals surface area contributed by atoms with Gasteiger partial charge in [-0.15, -0.1) is 0 Å². The molecule has 1 aromatic carbocycles. The van der Waals surface area contributed by atoms with Crippen molar-refractivity contribution in [2.75, 3.05) is 11.9 Å². The van der Waals surface area contributed by atoms with E-state index in [1.807, 2.05) is 0 Å². The molecular formula is C15H18F3NO4. The summed E-state index contributed by atoms with van der Waals surface area (Å²) in [5, 5.41) is 11.9. The van der Waals surface area contributed by atoms with Crippen LogP contribution in [-0.2, 0) is 14.3 Å². The van der Waals surface area contributed by atoms with E-state index >= 15 is 0 Å². The minimum atomic E-state index is -5.34. The highest BCUT2D eigenvalue weighted by Gasteiger charge is 2.61. The molecule has 128 valence electrons. The van der Waals surface area contributed by atoms with E-state index in [4.69, 9.17) is 0 Å². The summed E-state index contributed by atoms with van der Waals surface area (Å²) in [5.41, 5.74) is -2.07. The van der Waals surface area contributed by atoms with Crippen LogP contribution in [0.4, 0.5) is 18.9 Å². The maximum Gasteiger partial charge on any atom is 0.428 e. The molecule has 0 aromatic heterocycles. The molecule has 1 aromatic rings. The van der Waals surface area contributed by atoms with Crippen LogP contribution in [-0.4, -0.2) is 35.4 Å². The Balaban J connectivity index is 2.98. The van der Waals surface area contributed by atoms with Crippen molar-refractivity contribution in [3.8, 4) is 0 Å². The van der Waals surface area contributed by atoms with Gasteiger partial charge in [-0.2, -0.15) is 13.2 Å². The highest BCUT2D eigenvalue weighted by Crippen LogP contribution is 2.34. The Morgan fingerprint density at radius 3 is 2.39 bits per heavy atom. The minimum absolute atomic E-state index is 0.309. The highest BCUT2D eigenvalue weighted by atomic mass is 19.4. The number of hydrogen-bond acceptors (Lipinski definition) is 4. The third kappa shape index (κ3) is 4.22. The van der Waals surface area contributed by atoms with Gasteiger partial charge < -0.3 is 15.2 Å². The van der Waals surface area contributed by atoms with Gasteiger partial charge in [-0.1, -0.05) is 12.1 Å². The zero-order chi connectivity index (χ0) is 17.8. The third-order valence-corrected chi connectivity index (χ3v) is 3.38. The number of rotatable bonds is 5. The lowest BCUT2D eigenvalue weighted by Gasteiger charge is -2.27. The van der Waals surface area contributed by atoms with E-state index in [1.165, 1.54) is 13.0 Å². The molecule has 0 saturated carbocycles. The number of aliphatic hydroxyl groups is 1. The molecule has 0 aliphatic carbocycles. The van der Waals surface area contributed by atoms with Crippen molar-refractivity contribution in [3.05, 3.63) is 29.3 Å². The first-order valence-corrected chi connectivity index (χ1v) is 6.85. The van der Waals surface area contributed by atoms with Gasteiger partial charge in [0.15, 0.2) is 0 Å². The second-order valence-corrected chi connectivity index (χ2v) is 5.05. The number of aryl methyl sites for hydroxylation is 1. The summed E-state index contributed by atoms with van der Waals surface area (Å²) in [5.74, 6) is -3.05. The van der Waals surface area contributed by atoms with E-state index in [1.54, 1.807) is 26.0 Å². The number of carbonyl (C=O) groups excluding carboxylic acids is 2. The number of benzene rings is 1. The van der Waals surface area contributed by atoms with E-state index in [2.05, 4.69) is 10.1 Å². The smallest absolute Gasteiger partial charge is 0.428 e. The number of amides is 1. The number of anilines is 1. The molecule has 0 saturated heterocycles. The normalized spacial score (nSPS) is 14.0. The summed E-state index contributed by atoms with van der Waals surface area (Å²) in [4.78, 5) is 23.3. The van der Waals surface area contributed by atoms with Gasteiger partial charge in [0.05, 0.1) is 13.0 Å². The Morgan fingerprint density at radius 1 is 1.26 bits per heavy atom. The first kappa shape index (κ1) is 19.0. The molecule has 1 unspecified atom stereocenters. The van der Waals surface area contributed by atoms with Crippen LogP contribution in [0.1, 0.15) is 24.5 Å². The fraction of sp³-hybridized carbons (Fsp3) is 0.467. The summed E-state index contributed by atoms with van der Waals surface area (Å²) < 4.78 is 43.2. The summed E-state index contributed by atoms with van der Waals surface area (Å²) in [7, 11) is 0. The number of nitrogens with one attached hydrogen (secondary N) is 1. The van der Waals surface area contributed by atoms with Crippen molar-refractivity contribution in [1.29, 1.82) is 0 Å². The Bertz CT molecular complexity index is 601. The van der Waals surface area contributed by atoms with Crippen LogP contribution in [0.25, 0.3) is 0 Å². The predicted molar refractivity (Wildman–Crippen MR) is 76.8 cm³/mol. The maximum absolute atomic E-state index is 13.0. The number of halogens is 3. The largest absolute Gasteiger partial charge is 0.464 e. The van der Waals surface area contributed by atoms with E-state index in [0.717, 1.165) is 5.56 Å². The van der Waals surface area contributed by atoms with Crippen molar-refractivity contribution >= 4 is 17.6 Å². The molecule has 0 spiro atoms. The first-order chi connectivity index (χ1) is 10.5. The molecule has 0 radical (unpaired) electrons. The molecule has 5 nitrogen and oxygen atoms in total. The van der Waals surface area contributed by atoms with E-state index in [0.29, 0.717) is 11.3 Å². The lowest BCUT2D eigenvalue weighted by molar-refractivity contribution is -0.262. The summed E-state index contributed by atoms with van der Waals surface area (Å²) in [6, 6.07) is 4.91. The number of hydrogen-bond donors (Lipinski definition) is 2. The second-order valence-electron chi connectivity index (χ2n) is 5.05. The van der Waals surface area contributed by atoms with Crippen molar-refractivity contribution in [1.82, 2.24) is 0 Å². The Kier molecular flexibility index (Phi) is 5.76. The van der Waals surface area contributed by atoms with Crippen molar-refractivity contribution in [3.63, 3.8) is 0 Å². The van der Waals surface area contributed by atoms with E-state index in [-0.39, 0.29) is 6.61 Å². The van der Waals surface area contributed by atoms with E-state index in [9.17, 15) is 27.9 Å². The second kappa shape index (κ2) is 6.99. The highest BCUT2D eigenvalue weighted by molar-refractivity contribution is 5.96. The Hall–Kier alpha value is -2.09. The Morgan fingerprint density at radius 2 is 1.87 bits per heavy atom. The molecule has 1 amide bonds. The van der Waals surface area contributed by atoms with Gasteiger partial charge in [0, 0.05) is 5.69 Å². The number of alkyl halides is 3. The molecule has 1 rings (SSSR count). The van der Waals surface area contributed by atoms with Gasteiger partial charge in [-0.3, -0.25) is 4.79 Å². The van der Waals surface area contributed by atoms with Gasteiger partial charge in [0.25, 0.3) is 5.60 Å². The van der Waals surface area contributed by atoms with E-state index < -0.39 is 30.1 Å². The van der Waals surface area contributed by atoms with Crippen LogP contribution in [0.3, 0.4) is 0 Å². The molecule has 23 heavy (non-hydrogen) atoms. The lowest BCUT2D eigenvalue weighted by atomic mass is 9.98. The predicted octanol–water partition coefficient (Wildman–Crippen LogP) is 2.49. The van der Waals surface area contributed by atoms with Crippen molar-refractivity contribution < 1.29 is 32.6 Å². The van der Waals surface area contributed by atoms with Gasteiger partial charge in [0.1, 0.15) is 0 Å². The van der Waals surface area contributed by atoms with Gasteiger partial charge in [-0.05, 0) is 38.0 Å². The summed E-state index contributed by atoms with van der Waals surface area (Å²) >= 11 is 0. The molecule has 1 atom stereocenters. The molecule has 8 heteroatoms. The fourth-order valence-electron chi connectivity index (χ4n) is 1.85. The zero-order valence-corrected chi connectivity index (χ0v) is 13.0. The molecule has 0 bridgehead atoms. The standard InChI is InChI=1S/C15H18F3NO4/c1-4-23-13(21)14(22,15(16,17)18)8-12(20)19-11-7-5-6-9(2)10(11)3/h5-7,22H,4,8H2,1-3H3,(H,19,20). The average Bonchev–Trinajstić information content (AvgIpc) is 2.42. The van der Waals surface area contributed by atoms with Crippen LogP contribution in [0, 0.1) is 13.8 Å². The molecular weight excluding hydrogens is 315 g/mol. The molecule has 2 N–H and O–H groups in total. The third-order valence-electron chi connectivity index (χ3n) is 3.38. The Labute approximate surface area is 131 Å². The fourth-order valence-corrected chi connectivity index (χ4v) is 1.85. The number of carbonyl (C=O) groups is 2. The molecule has 0 aliphatic rings. The SMILES string of the molecule is CCOC(=O)C(O)(CC(=O)Nc1cccc(C)c1C)C(F)(F)F. The van der Waals surface area contributed by atoms with Crippen LogP contribution in [0.15, 0.2) is 18.2 Å². The molecule has 0 fully saturated rings. The van der Waals surface area contributed by atoms with Crippen LogP contribution in [0.2, 0.25) is 0 Å². The van der Waals surface area contributed by atoms with Crippen LogP contribution < -0.4 is 5.32 Å². The monoisotopic (exact) mass is 333 g/mol. The van der Waals surface area contributed by atoms with Crippen molar-refractivity contribution in [2.24, 2.45) is 0 Å². The van der Waals surface area contributed by atoms with Gasteiger partial charge in [-0.25, -0.2) is 4.79 Å². The van der Waals surface area contributed by atoms with Gasteiger partial charge in [0.2, 0.25) is 5.91 Å². The minimum Gasteiger partial charge on any atom is -0.464 e. The van der Waals surface area contributed by atoms with Crippen LogP contribution >= 0.6 is 0 Å². The summed E-state index contributed by atoms with van der Waals surface area (Å²) in [6.45, 7) is 4.41. The zero-order valence-electron chi connectivity index (χ0n) is 13.0.